The summed E-state index contributed by atoms with van der Waals surface area (Å²) in [6.07, 6.45) is -1.31. The van der Waals surface area contributed by atoms with Crippen molar-refractivity contribution in [3.8, 4) is 22.6 Å². The van der Waals surface area contributed by atoms with E-state index in [1.165, 1.54) is 16.7 Å². The van der Waals surface area contributed by atoms with Gasteiger partial charge < -0.3 is 19.0 Å². The molecular weight excluding hydrogens is 661 g/mol. The van der Waals surface area contributed by atoms with E-state index in [0.717, 1.165) is 33.5 Å². The van der Waals surface area contributed by atoms with Crippen LogP contribution >= 0.6 is 11.8 Å². The topological polar surface area (TPSA) is 102 Å². The number of carbonyl (C=O) groups excluding carboxylic acids is 2. The molecule has 4 unspecified atom stereocenters. The number of aromatic nitrogens is 1. The van der Waals surface area contributed by atoms with Crippen molar-refractivity contribution in [2.45, 2.75) is 37.3 Å². The van der Waals surface area contributed by atoms with Gasteiger partial charge in [-0.3, -0.25) is 9.59 Å². The van der Waals surface area contributed by atoms with Gasteiger partial charge in [-0.2, -0.15) is 0 Å². The molecule has 4 atom stereocenters. The predicted molar refractivity (Wildman–Crippen MR) is 195 cm³/mol. The van der Waals surface area contributed by atoms with Gasteiger partial charge in [0.2, 0.25) is 0 Å². The molecule has 0 radical (unpaired) electrons. The lowest BCUT2D eigenvalue weighted by atomic mass is 9.91. The van der Waals surface area contributed by atoms with Gasteiger partial charge in [-0.15, -0.1) is 0 Å². The molecule has 0 bridgehead atoms. The van der Waals surface area contributed by atoms with Crippen LogP contribution in [0.4, 0.5) is 5.69 Å². The Kier molecular flexibility index (Phi) is 9.10. The van der Waals surface area contributed by atoms with Crippen LogP contribution in [0.3, 0.4) is 0 Å². The van der Waals surface area contributed by atoms with Gasteiger partial charge in [-0.25, -0.2) is 9.88 Å². The van der Waals surface area contributed by atoms with Crippen LogP contribution in [0.25, 0.3) is 22.6 Å². The first-order valence-electron chi connectivity index (χ1n) is 16.8. The van der Waals surface area contributed by atoms with Gasteiger partial charge in [-0.05, 0) is 35.4 Å². The first-order valence-corrected chi connectivity index (χ1v) is 17.8. The molecule has 0 aliphatic carbocycles. The Hall–Kier alpha value is -5.32. The van der Waals surface area contributed by atoms with Crippen molar-refractivity contribution in [2.75, 3.05) is 10.7 Å². The lowest BCUT2D eigenvalue weighted by molar-refractivity contribution is -0.268. The van der Waals surface area contributed by atoms with E-state index in [1.54, 1.807) is 36.4 Å². The van der Waals surface area contributed by atoms with E-state index in [2.05, 4.69) is 6.92 Å². The van der Waals surface area contributed by atoms with Gasteiger partial charge in [-0.1, -0.05) is 128 Å². The molecule has 2 aliphatic rings. The Balaban J connectivity index is 1.07. The van der Waals surface area contributed by atoms with E-state index in [4.69, 9.17) is 18.9 Å². The second-order valence-electron chi connectivity index (χ2n) is 12.6. The van der Waals surface area contributed by atoms with Crippen LogP contribution in [0.2, 0.25) is 0 Å². The zero-order chi connectivity index (χ0) is 34.9. The van der Waals surface area contributed by atoms with E-state index in [9.17, 15) is 14.7 Å². The number of aliphatic hydroxyl groups excluding tert-OH is 1. The van der Waals surface area contributed by atoms with Gasteiger partial charge in [0.05, 0.1) is 35.6 Å². The molecule has 2 amide bonds. The maximum atomic E-state index is 13.1. The zero-order valence-corrected chi connectivity index (χ0v) is 28.5. The van der Waals surface area contributed by atoms with Crippen molar-refractivity contribution >= 4 is 29.3 Å². The molecule has 0 saturated carbocycles. The summed E-state index contributed by atoms with van der Waals surface area (Å²) in [7, 11) is 0. The number of thioether (sulfide) groups is 1. The Morgan fingerprint density at radius 3 is 1.92 bits per heavy atom. The van der Waals surface area contributed by atoms with Crippen LogP contribution in [0.15, 0.2) is 143 Å². The number of carbonyl (C=O) groups is 2. The number of nitrogens with zero attached hydrogens (tertiary/aromatic N) is 2. The van der Waals surface area contributed by atoms with Crippen molar-refractivity contribution < 1.29 is 28.6 Å². The smallest absolute Gasteiger partial charge is 0.266 e. The normalized spacial score (nSPS) is 20.1. The van der Waals surface area contributed by atoms with Gasteiger partial charge in [0.1, 0.15) is 5.69 Å². The molecule has 254 valence electrons. The highest BCUT2D eigenvalue weighted by Gasteiger charge is 2.40. The van der Waals surface area contributed by atoms with E-state index in [-0.39, 0.29) is 36.5 Å². The second-order valence-corrected chi connectivity index (χ2v) is 13.6. The minimum absolute atomic E-state index is 0.0438. The number of oxazole rings is 1. The average Bonchev–Trinajstić information content (AvgIpc) is 3.73. The Bertz CT molecular complexity index is 2080. The highest BCUT2D eigenvalue weighted by Crippen LogP contribution is 2.44. The number of aliphatic hydroxyl groups is 1. The summed E-state index contributed by atoms with van der Waals surface area (Å²) in [5.41, 5.74) is 6.51. The molecule has 1 fully saturated rings. The summed E-state index contributed by atoms with van der Waals surface area (Å²) in [6.45, 7) is 2.07. The summed E-state index contributed by atoms with van der Waals surface area (Å²) < 4.78 is 19.7. The predicted octanol–water partition coefficient (Wildman–Crippen LogP) is 8.89. The number of hydrogen-bond acceptors (Lipinski definition) is 8. The number of benzene rings is 5. The molecule has 5 aromatic carbocycles. The molecule has 1 aromatic heterocycles. The molecular formula is C42H34N2O6S. The van der Waals surface area contributed by atoms with Gasteiger partial charge >= 0.3 is 0 Å². The van der Waals surface area contributed by atoms with Crippen LogP contribution in [-0.2, 0) is 16.1 Å². The molecule has 2 aliphatic heterocycles. The van der Waals surface area contributed by atoms with Crippen molar-refractivity contribution in [3.63, 3.8) is 0 Å². The largest absolute Gasteiger partial charge is 0.431 e. The Labute approximate surface area is 299 Å². The number of amides is 2. The summed E-state index contributed by atoms with van der Waals surface area (Å²) in [5.74, 6) is 0.514. The van der Waals surface area contributed by atoms with Gasteiger partial charge in [0.25, 0.3) is 17.0 Å². The summed E-state index contributed by atoms with van der Waals surface area (Å²) in [5, 5.41) is 10.2. The van der Waals surface area contributed by atoms with E-state index < -0.39 is 6.29 Å². The molecule has 9 heteroatoms. The summed E-state index contributed by atoms with van der Waals surface area (Å²) in [4.78, 5) is 32.4. The average molecular weight is 695 g/mol. The van der Waals surface area contributed by atoms with Crippen LogP contribution < -0.4 is 4.90 Å². The maximum Gasteiger partial charge on any atom is 0.266 e. The molecule has 8 nitrogen and oxygen atoms in total. The quantitative estimate of drug-likeness (QED) is 0.118. The zero-order valence-electron chi connectivity index (χ0n) is 27.7. The highest BCUT2D eigenvalue weighted by molar-refractivity contribution is 7.99. The number of fused-ring (bicyclic) bond motifs is 1. The number of rotatable bonds is 9. The van der Waals surface area contributed by atoms with Crippen LogP contribution in [0.5, 0.6) is 0 Å². The van der Waals surface area contributed by atoms with Gasteiger partial charge in [0.15, 0.2) is 12.1 Å². The number of ether oxygens (including phenoxy) is 2. The minimum atomic E-state index is -0.727. The van der Waals surface area contributed by atoms with Crippen molar-refractivity contribution in [1.29, 1.82) is 0 Å². The third-order valence-electron chi connectivity index (χ3n) is 9.40. The van der Waals surface area contributed by atoms with E-state index in [1.807, 2.05) is 97.1 Å². The third kappa shape index (κ3) is 6.41. The van der Waals surface area contributed by atoms with Crippen molar-refractivity contribution in [2.24, 2.45) is 5.92 Å². The molecule has 1 saturated heterocycles. The number of hydrogen-bond donors (Lipinski definition) is 1. The third-order valence-corrected chi connectivity index (χ3v) is 10.3. The fourth-order valence-corrected chi connectivity index (χ4v) is 7.59. The standard InChI is InChI=1S/C42H34N2O6S/c1-26-35(25-51-42-43-36(28-10-4-2-5-11-28)38(50-42)29-12-6-3-7-13-29)48-41(49-37(26)30-18-16-27(24-45)17-19-30)31-20-22-32(23-21-31)44-39(46)33-14-8-9-15-34(33)40(44)47/h2-23,26,35,37,41,45H,24-25H2,1H3. The summed E-state index contributed by atoms with van der Waals surface area (Å²) >= 11 is 1.50. The molecule has 1 N–H and O–H groups in total. The first kappa shape index (κ1) is 32.9. The van der Waals surface area contributed by atoms with Crippen LogP contribution in [0, 0.1) is 5.92 Å². The van der Waals surface area contributed by atoms with Crippen molar-refractivity contribution in [1.82, 2.24) is 4.98 Å². The Morgan fingerprint density at radius 1 is 0.706 bits per heavy atom. The molecule has 0 spiro atoms. The SMILES string of the molecule is CC1C(CSc2nc(-c3ccccc3)c(-c3ccccc3)o2)OC(c2ccc(N3C(=O)c4ccccc4C3=O)cc2)OC1c1ccc(CO)cc1. The fourth-order valence-electron chi connectivity index (χ4n) is 6.61. The van der Waals surface area contributed by atoms with E-state index in [0.29, 0.717) is 33.6 Å². The Morgan fingerprint density at radius 2 is 1.29 bits per heavy atom. The summed E-state index contributed by atoms with van der Waals surface area (Å²) in [6, 6.07) is 41.8. The lowest BCUT2D eigenvalue weighted by Crippen LogP contribution is -2.38. The maximum absolute atomic E-state index is 13.1. The number of anilines is 1. The molecule has 51 heavy (non-hydrogen) atoms. The molecule has 8 rings (SSSR count). The number of imide groups is 1. The van der Waals surface area contributed by atoms with E-state index >= 15 is 0 Å². The van der Waals surface area contributed by atoms with Crippen LogP contribution in [-0.4, -0.2) is 33.8 Å². The lowest BCUT2D eigenvalue weighted by Gasteiger charge is -2.41. The monoisotopic (exact) mass is 694 g/mol. The first-order chi connectivity index (χ1) is 25.0. The van der Waals surface area contributed by atoms with Gasteiger partial charge in [0, 0.05) is 28.4 Å². The molecule has 6 aromatic rings. The molecule has 3 heterocycles. The van der Waals surface area contributed by atoms with Crippen LogP contribution in [0.1, 0.15) is 56.7 Å². The second kappa shape index (κ2) is 14.1. The highest BCUT2D eigenvalue weighted by atomic mass is 32.2. The fraction of sp³-hybridized carbons (Fsp3) is 0.167. The van der Waals surface area contributed by atoms with Crippen molar-refractivity contribution in [3.05, 3.63) is 161 Å². The minimum Gasteiger partial charge on any atom is -0.431 e.